The van der Waals surface area contributed by atoms with Crippen molar-refractivity contribution < 1.29 is 8.91 Å². The lowest BCUT2D eigenvalue weighted by atomic mass is 9.94. The van der Waals surface area contributed by atoms with Crippen LogP contribution in [-0.2, 0) is 12.0 Å². The van der Waals surface area contributed by atoms with E-state index in [0.29, 0.717) is 18.0 Å². The average molecular weight is 382 g/mol. The third kappa shape index (κ3) is 3.68. The van der Waals surface area contributed by atoms with Crippen molar-refractivity contribution in [1.82, 2.24) is 15.1 Å². The van der Waals surface area contributed by atoms with Gasteiger partial charge in [0.15, 0.2) is 5.76 Å². The molecule has 0 aliphatic carbocycles. The van der Waals surface area contributed by atoms with E-state index in [9.17, 15) is 4.39 Å². The predicted molar refractivity (Wildman–Crippen MR) is 105 cm³/mol. The molecule has 27 heavy (non-hydrogen) atoms. The lowest BCUT2D eigenvalue weighted by Crippen LogP contribution is -2.07. The molecule has 0 saturated heterocycles. The Morgan fingerprint density at radius 1 is 1.11 bits per heavy atom. The summed E-state index contributed by atoms with van der Waals surface area (Å²) in [5.74, 6) is 1.17. The van der Waals surface area contributed by atoms with Crippen LogP contribution in [0.1, 0.15) is 31.4 Å². The number of aromatic nitrogens is 3. The zero-order valence-corrected chi connectivity index (χ0v) is 16.1. The number of anilines is 1. The van der Waals surface area contributed by atoms with Crippen molar-refractivity contribution in [1.29, 1.82) is 0 Å². The fourth-order valence-electron chi connectivity index (χ4n) is 2.69. The average Bonchev–Trinajstić information content (AvgIpc) is 3.27. The second kappa shape index (κ2) is 6.74. The molecule has 0 aliphatic heterocycles. The van der Waals surface area contributed by atoms with Gasteiger partial charge in [0, 0.05) is 16.5 Å². The summed E-state index contributed by atoms with van der Waals surface area (Å²) < 4.78 is 18.4. The first kappa shape index (κ1) is 17.6. The Kier molecular flexibility index (Phi) is 4.39. The van der Waals surface area contributed by atoms with E-state index < -0.39 is 0 Å². The summed E-state index contributed by atoms with van der Waals surface area (Å²) in [5, 5.41) is 8.37. The monoisotopic (exact) mass is 382 g/mol. The molecule has 0 spiro atoms. The van der Waals surface area contributed by atoms with Gasteiger partial charge in [-0.05, 0) is 35.7 Å². The zero-order valence-electron chi connectivity index (χ0n) is 15.3. The minimum absolute atomic E-state index is 0.0671. The fraction of sp³-hybridized carbons (Fsp3) is 0.250. The number of thiophene rings is 1. The molecule has 1 aromatic carbocycles. The van der Waals surface area contributed by atoms with Gasteiger partial charge in [0.25, 0.3) is 0 Å². The van der Waals surface area contributed by atoms with Gasteiger partial charge in [-0.1, -0.05) is 25.9 Å². The van der Waals surface area contributed by atoms with E-state index in [2.05, 4.69) is 47.3 Å². The highest BCUT2D eigenvalue weighted by atomic mass is 32.1. The van der Waals surface area contributed by atoms with E-state index in [-0.39, 0.29) is 11.2 Å². The van der Waals surface area contributed by atoms with Crippen LogP contribution in [0.2, 0.25) is 0 Å². The summed E-state index contributed by atoms with van der Waals surface area (Å²) in [7, 11) is 0. The van der Waals surface area contributed by atoms with Crippen molar-refractivity contribution in [2.24, 2.45) is 0 Å². The zero-order chi connectivity index (χ0) is 19.0. The first-order valence-electron chi connectivity index (χ1n) is 8.60. The van der Waals surface area contributed by atoms with Gasteiger partial charge in [-0.2, -0.15) is 0 Å². The van der Waals surface area contributed by atoms with Gasteiger partial charge in [-0.3, -0.25) is 0 Å². The lowest BCUT2D eigenvalue weighted by molar-refractivity contribution is 0.390. The molecule has 0 unspecified atom stereocenters. The molecule has 4 aromatic rings. The molecule has 3 aromatic heterocycles. The molecule has 4 rings (SSSR count). The van der Waals surface area contributed by atoms with Gasteiger partial charge in [0.1, 0.15) is 28.5 Å². The summed E-state index contributed by atoms with van der Waals surface area (Å²) in [5.41, 5.74) is 1.55. The molecule has 0 aliphatic rings. The summed E-state index contributed by atoms with van der Waals surface area (Å²) in [6.45, 7) is 7.00. The molecule has 0 atom stereocenters. The smallest absolute Gasteiger partial charge is 0.156 e. The number of hydrogen-bond donors (Lipinski definition) is 1. The topological polar surface area (TPSA) is 63.8 Å². The third-order valence-electron chi connectivity index (χ3n) is 4.20. The Labute approximate surface area is 160 Å². The Hall–Kier alpha value is -2.80. The van der Waals surface area contributed by atoms with E-state index in [0.717, 1.165) is 21.6 Å². The van der Waals surface area contributed by atoms with Crippen LogP contribution in [0.5, 0.6) is 0 Å². The van der Waals surface area contributed by atoms with Crippen LogP contribution in [0.4, 0.5) is 10.2 Å². The summed E-state index contributed by atoms with van der Waals surface area (Å²) >= 11 is 1.69. The molecule has 5 nitrogen and oxygen atoms in total. The van der Waals surface area contributed by atoms with Gasteiger partial charge in [0.2, 0.25) is 0 Å². The molecule has 0 amide bonds. The first-order chi connectivity index (χ1) is 12.9. The Morgan fingerprint density at radius 3 is 2.63 bits per heavy atom. The highest BCUT2D eigenvalue weighted by Crippen LogP contribution is 2.35. The maximum Gasteiger partial charge on any atom is 0.156 e. The normalized spacial score (nSPS) is 11.9. The van der Waals surface area contributed by atoms with Crippen molar-refractivity contribution in [3.8, 4) is 11.3 Å². The van der Waals surface area contributed by atoms with E-state index in [4.69, 9.17) is 4.52 Å². The van der Waals surface area contributed by atoms with Crippen LogP contribution >= 0.6 is 11.3 Å². The molecule has 0 radical (unpaired) electrons. The minimum Gasteiger partial charge on any atom is -0.362 e. The number of nitrogens with zero attached hydrogens (tertiary/aromatic N) is 3. The molecule has 1 N–H and O–H groups in total. The van der Waals surface area contributed by atoms with E-state index in [1.807, 2.05) is 6.07 Å². The van der Waals surface area contributed by atoms with E-state index in [1.165, 1.54) is 17.0 Å². The SMILES string of the molecule is CC(C)(C)c1cc2c(NCc3cc(-c4ccc(F)cc4)no3)ncnc2s1. The van der Waals surface area contributed by atoms with Gasteiger partial charge in [0.05, 0.1) is 11.9 Å². The molecular formula is C20H19FN4OS. The molecule has 7 heteroatoms. The minimum atomic E-state index is -0.276. The largest absolute Gasteiger partial charge is 0.362 e. The van der Waals surface area contributed by atoms with Gasteiger partial charge >= 0.3 is 0 Å². The summed E-state index contributed by atoms with van der Waals surface area (Å²) in [6, 6.07) is 10.2. The summed E-state index contributed by atoms with van der Waals surface area (Å²) in [6.07, 6.45) is 1.57. The molecule has 0 fully saturated rings. The Balaban J connectivity index is 1.54. The summed E-state index contributed by atoms with van der Waals surface area (Å²) in [4.78, 5) is 11.0. The number of halogens is 1. The number of rotatable bonds is 4. The second-order valence-electron chi connectivity index (χ2n) is 7.34. The van der Waals surface area contributed by atoms with Gasteiger partial charge in [-0.25, -0.2) is 14.4 Å². The van der Waals surface area contributed by atoms with Gasteiger partial charge in [-0.15, -0.1) is 11.3 Å². The Bertz CT molecular complexity index is 1080. The second-order valence-corrected chi connectivity index (χ2v) is 8.37. The van der Waals surface area contributed by atoms with E-state index in [1.54, 1.807) is 29.8 Å². The maximum atomic E-state index is 13.1. The Morgan fingerprint density at radius 2 is 1.89 bits per heavy atom. The lowest BCUT2D eigenvalue weighted by Gasteiger charge is -2.14. The molecule has 3 heterocycles. The van der Waals surface area contributed by atoms with Crippen molar-refractivity contribution >= 4 is 27.4 Å². The standard InChI is InChI=1S/C20H19FN4OS/c1-20(2,3)17-9-15-18(23-11-24-19(15)27-17)22-10-14-8-16(25-26-14)12-4-6-13(21)7-5-12/h4-9,11H,10H2,1-3H3,(H,22,23,24). The quantitative estimate of drug-likeness (QED) is 0.512. The maximum absolute atomic E-state index is 13.1. The van der Waals surface area contributed by atoms with Crippen LogP contribution in [0.3, 0.4) is 0 Å². The number of hydrogen-bond acceptors (Lipinski definition) is 6. The van der Waals surface area contributed by atoms with Crippen LogP contribution in [0, 0.1) is 5.82 Å². The van der Waals surface area contributed by atoms with Crippen molar-refractivity contribution in [2.75, 3.05) is 5.32 Å². The predicted octanol–water partition coefficient (Wildman–Crippen LogP) is 5.40. The molecule has 0 bridgehead atoms. The molecule has 0 saturated carbocycles. The van der Waals surface area contributed by atoms with Crippen LogP contribution in [-0.4, -0.2) is 15.1 Å². The number of benzene rings is 1. The fourth-order valence-corrected chi connectivity index (χ4v) is 3.75. The van der Waals surface area contributed by atoms with Crippen LogP contribution in [0.25, 0.3) is 21.5 Å². The van der Waals surface area contributed by atoms with Crippen LogP contribution in [0.15, 0.2) is 47.2 Å². The molecule has 138 valence electrons. The van der Waals surface area contributed by atoms with Crippen LogP contribution < -0.4 is 5.32 Å². The van der Waals surface area contributed by atoms with Gasteiger partial charge < -0.3 is 9.84 Å². The number of nitrogens with one attached hydrogen (secondary N) is 1. The van der Waals surface area contributed by atoms with E-state index >= 15 is 0 Å². The first-order valence-corrected chi connectivity index (χ1v) is 9.42. The highest BCUT2D eigenvalue weighted by molar-refractivity contribution is 7.18. The van der Waals surface area contributed by atoms with Crippen molar-refractivity contribution in [3.05, 3.63) is 59.2 Å². The van der Waals surface area contributed by atoms with Crippen molar-refractivity contribution in [3.63, 3.8) is 0 Å². The molecular weight excluding hydrogens is 363 g/mol. The van der Waals surface area contributed by atoms with Crippen molar-refractivity contribution in [2.45, 2.75) is 32.7 Å². The highest BCUT2D eigenvalue weighted by Gasteiger charge is 2.19. The number of fused-ring (bicyclic) bond motifs is 1. The third-order valence-corrected chi connectivity index (χ3v) is 5.67.